The third-order valence-electron chi connectivity index (χ3n) is 4.20. The molecule has 0 amide bonds. The van der Waals surface area contributed by atoms with Gasteiger partial charge in [-0.1, -0.05) is 0 Å². The molecular weight excluding hydrogens is 304 g/mol. The Morgan fingerprint density at radius 2 is 1.91 bits per heavy atom. The highest BCUT2D eigenvalue weighted by Crippen LogP contribution is 2.27. The molecule has 0 bridgehead atoms. The van der Waals surface area contributed by atoms with Crippen LogP contribution in [0.2, 0.25) is 0 Å². The molecule has 122 valence electrons. The summed E-state index contributed by atoms with van der Waals surface area (Å²) in [6.07, 6.45) is 1.78. The highest BCUT2D eigenvalue weighted by molar-refractivity contribution is 5.78. The molecule has 1 aromatic heterocycles. The molecule has 1 unspecified atom stereocenters. The Hall–Kier alpha value is -2.52. The van der Waals surface area contributed by atoms with Crippen molar-refractivity contribution in [2.24, 2.45) is 0 Å². The summed E-state index contributed by atoms with van der Waals surface area (Å²) in [6.45, 7) is 1.06. The van der Waals surface area contributed by atoms with Crippen LogP contribution < -0.4 is 11.1 Å². The van der Waals surface area contributed by atoms with Gasteiger partial charge in [-0.25, -0.2) is 0 Å². The molecule has 0 saturated carbocycles. The molecule has 1 aliphatic heterocycles. The number of nitrogens with one attached hydrogen (secondary N) is 2. The van der Waals surface area contributed by atoms with Crippen LogP contribution >= 0.6 is 0 Å². The van der Waals surface area contributed by atoms with Crippen molar-refractivity contribution in [3.05, 3.63) is 48.5 Å². The number of nitro benzene ring substituents is 1. The maximum atomic E-state index is 11.4. The van der Waals surface area contributed by atoms with Crippen molar-refractivity contribution in [1.29, 1.82) is 0 Å². The van der Waals surface area contributed by atoms with Crippen LogP contribution in [0.25, 0.3) is 11.0 Å². The fourth-order valence-electron chi connectivity index (χ4n) is 3.02. The Morgan fingerprint density at radius 3 is 2.52 bits per heavy atom. The number of fused-ring (bicyclic) bond motifs is 1. The van der Waals surface area contributed by atoms with Gasteiger partial charge in [-0.15, -0.1) is 0 Å². The minimum atomic E-state index is -0.848. The van der Waals surface area contributed by atoms with Gasteiger partial charge in [0.2, 0.25) is 0 Å². The summed E-state index contributed by atoms with van der Waals surface area (Å²) >= 11 is 0. The van der Waals surface area contributed by atoms with E-state index in [1.165, 1.54) is 12.1 Å². The molecule has 1 aromatic carbocycles. The molecule has 23 heavy (non-hydrogen) atoms. The summed E-state index contributed by atoms with van der Waals surface area (Å²) in [5.41, 5.74) is -0.777. The van der Waals surface area contributed by atoms with Gasteiger partial charge < -0.3 is 15.1 Å². The number of likely N-dealkylation sites (tertiary alicyclic amines) is 1. The monoisotopic (exact) mass is 320 g/mol. The van der Waals surface area contributed by atoms with Gasteiger partial charge in [-0.3, -0.25) is 24.6 Å². The lowest BCUT2D eigenvalue weighted by atomic mass is 10.1. The van der Waals surface area contributed by atoms with Crippen LogP contribution in [0.1, 0.15) is 18.4 Å². The van der Waals surface area contributed by atoms with Gasteiger partial charge in [0.1, 0.15) is 0 Å². The average molecular weight is 320 g/mol. The van der Waals surface area contributed by atoms with Gasteiger partial charge in [0.15, 0.2) is 0 Å². The SMILES string of the molecule is O=c1[nH]c2cc(CN3CCCC3CO)c([N+](=O)[O-])cc2[nH]c1=O. The zero-order valence-electron chi connectivity index (χ0n) is 12.2. The lowest BCUT2D eigenvalue weighted by Gasteiger charge is -2.22. The predicted octanol–water partition coefficient (Wildman–Crippen LogP) is 0.0813. The van der Waals surface area contributed by atoms with E-state index in [4.69, 9.17) is 0 Å². The Morgan fingerprint density at radius 1 is 1.26 bits per heavy atom. The molecule has 3 N–H and O–H groups in total. The van der Waals surface area contributed by atoms with Crippen molar-refractivity contribution in [3.63, 3.8) is 0 Å². The molecule has 3 rings (SSSR count). The number of benzene rings is 1. The molecule has 1 saturated heterocycles. The predicted molar refractivity (Wildman–Crippen MR) is 82.4 cm³/mol. The first-order valence-electron chi connectivity index (χ1n) is 7.28. The Balaban J connectivity index is 2.08. The van der Waals surface area contributed by atoms with Gasteiger partial charge in [-0.05, 0) is 25.5 Å². The van der Waals surface area contributed by atoms with Crippen molar-refractivity contribution < 1.29 is 10.0 Å². The largest absolute Gasteiger partial charge is 0.395 e. The van der Waals surface area contributed by atoms with E-state index in [0.717, 1.165) is 19.4 Å². The molecule has 0 spiro atoms. The Labute approximate surface area is 129 Å². The highest BCUT2D eigenvalue weighted by Gasteiger charge is 2.26. The normalized spacial score (nSPS) is 18.6. The number of rotatable bonds is 4. The smallest absolute Gasteiger partial charge is 0.314 e. The van der Waals surface area contributed by atoms with Crippen LogP contribution in [0.4, 0.5) is 5.69 Å². The fourth-order valence-corrected chi connectivity index (χ4v) is 3.02. The van der Waals surface area contributed by atoms with E-state index >= 15 is 0 Å². The molecule has 9 nitrogen and oxygen atoms in total. The van der Waals surface area contributed by atoms with Gasteiger partial charge in [-0.2, -0.15) is 0 Å². The van der Waals surface area contributed by atoms with E-state index in [1.54, 1.807) is 0 Å². The first kappa shape index (κ1) is 15.4. The van der Waals surface area contributed by atoms with E-state index in [9.17, 15) is 24.8 Å². The van der Waals surface area contributed by atoms with Crippen LogP contribution in [0.5, 0.6) is 0 Å². The summed E-state index contributed by atoms with van der Waals surface area (Å²) in [5, 5.41) is 20.7. The van der Waals surface area contributed by atoms with Crippen LogP contribution in [0, 0.1) is 10.1 Å². The van der Waals surface area contributed by atoms with Gasteiger partial charge in [0, 0.05) is 24.2 Å². The van der Waals surface area contributed by atoms with Gasteiger partial charge >= 0.3 is 11.1 Å². The molecule has 1 fully saturated rings. The number of aliphatic hydroxyl groups excluding tert-OH is 1. The molecule has 2 heterocycles. The van der Waals surface area contributed by atoms with E-state index in [1.807, 2.05) is 4.90 Å². The van der Waals surface area contributed by atoms with Gasteiger partial charge in [0.05, 0.1) is 22.6 Å². The Kier molecular flexibility index (Phi) is 3.97. The quantitative estimate of drug-likeness (QED) is 0.415. The minimum Gasteiger partial charge on any atom is -0.395 e. The van der Waals surface area contributed by atoms with E-state index in [-0.39, 0.29) is 23.9 Å². The Bertz CT molecular complexity index is 872. The summed E-state index contributed by atoms with van der Waals surface area (Å²) in [7, 11) is 0. The van der Waals surface area contributed by atoms with E-state index in [2.05, 4.69) is 9.97 Å². The number of nitrogens with zero attached hydrogens (tertiary/aromatic N) is 2. The highest BCUT2D eigenvalue weighted by atomic mass is 16.6. The number of nitro groups is 1. The number of aromatic nitrogens is 2. The van der Waals surface area contributed by atoms with E-state index in [0.29, 0.717) is 17.6 Å². The fraction of sp³-hybridized carbons (Fsp3) is 0.429. The second kappa shape index (κ2) is 5.94. The third kappa shape index (κ3) is 2.88. The minimum absolute atomic E-state index is 0.00549. The summed E-state index contributed by atoms with van der Waals surface area (Å²) < 4.78 is 0. The third-order valence-corrected chi connectivity index (χ3v) is 4.20. The van der Waals surface area contributed by atoms with Crippen molar-refractivity contribution in [3.8, 4) is 0 Å². The zero-order chi connectivity index (χ0) is 16.6. The maximum Gasteiger partial charge on any atom is 0.314 e. The first-order valence-corrected chi connectivity index (χ1v) is 7.28. The van der Waals surface area contributed by atoms with Crippen LogP contribution in [-0.4, -0.2) is 44.1 Å². The van der Waals surface area contributed by atoms with Crippen molar-refractivity contribution >= 4 is 16.7 Å². The van der Waals surface area contributed by atoms with Crippen LogP contribution in [-0.2, 0) is 6.54 Å². The molecule has 9 heteroatoms. The zero-order valence-corrected chi connectivity index (χ0v) is 12.2. The van der Waals surface area contributed by atoms with E-state index < -0.39 is 16.0 Å². The number of aromatic amines is 2. The number of H-pyrrole nitrogens is 2. The van der Waals surface area contributed by atoms with Crippen molar-refractivity contribution in [2.45, 2.75) is 25.4 Å². The van der Waals surface area contributed by atoms with Crippen LogP contribution in [0.3, 0.4) is 0 Å². The second-order valence-corrected chi connectivity index (χ2v) is 5.64. The summed E-state index contributed by atoms with van der Waals surface area (Å²) in [5.74, 6) is 0. The van der Waals surface area contributed by atoms with Gasteiger partial charge in [0.25, 0.3) is 5.69 Å². The number of aliphatic hydroxyl groups is 1. The first-order chi connectivity index (χ1) is 11.0. The number of hydrogen-bond acceptors (Lipinski definition) is 6. The average Bonchev–Trinajstić information content (AvgIpc) is 2.95. The molecule has 0 aliphatic carbocycles. The molecular formula is C14H16N4O5. The molecule has 2 aromatic rings. The molecule has 1 atom stereocenters. The number of hydrogen-bond donors (Lipinski definition) is 3. The maximum absolute atomic E-state index is 11.4. The van der Waals surface area contributed by atoms with Crippen molar-refractivity contribution in [1.82, 2.24) is 14.9 Å². The molecule has 1 aliphatic rings. The topological polar surface area (TPSA) is 132 Å². The summed E-state index contributed by atoms with van der Waals surface area (Å²) in [4.78, 5) is 40.3. The summed E-state index contributed by atoms with van der Waals surface area (Å²) in [6, 6.07) is 2.75. The second-order valence-electron chi connectivity index (χ2n) is 5.64. The van der Waals surface area contributed by atoms with Crippen LogP contribution in [0.15, 0.2) is 21.7 Å². The lowest BCUT2D eigenvalue weighted by molar-refractivity contribution is -0.385. The lowest BCUT2D eigenvalue weighted by Crippen LogP contribution is -2.32. The molecule has 0 radical (unpaired) electrons. The standard InChI is InChI=1S/C14H16N4O5/c19-7-9-2-1-3-17(9)6-8-4-10-11(5-12(8)18(22)23)16-14(21)13(20)15-10/h4-5,9,19H,1-3,6-7H2,(H,15,20)(H,16,21). The van der Waals surface area contributed by atoms with Crippen molar-refractivity contribution in [2.75, 3.05) is 13.2 Å².